The average molecular weight is 285 g/mol. The van der Waals surface area contributed by atoms with Gasteiger partial charge in [0.2, 0.25) is 0 Å². The van der Waals surface area contributed by atoms with Crippen molar-refractivity contribution in [3.63, 3.8) is 0 Å². The summed E-state index contributed by atoms with van der Waals surface area (Å²) in [6, 6.07) is 3.89. The predicted octanol–water partition coefficient (Wildman–Crippen LogP) is 2.11. The van der Waals surface area contributed by atoms with Crippen molar-refractivity contribution in [1.82, 2.24) is 25.1 Å². The zero-order valence-electron chi connectivity index (χ0n) is 11.9. The largest absolute Gasteiger partial charge is 0.349 e. The van der Waals surface area contributed by atoms with E-state index in [1.807, 2.05) is 0 Å². The number of rotatable bonds is 3. The van der Waals surface area contributed by atoms with Crippen molar-refractivity contribution in [3.8, 4) is 5.82 Å². The molecule has 0 spiro atoms. The van der Waals surface area contributed by atoms with E-state index in [1.54, 1.807) is 35.6 Å². The molecule has 21 heavy (non-hydrogen) atoms. The lowest BCUT2D eigenvalue weighted by Gasteiger charge is -2.16. The first-order valence-electron chi connectivity index (χ1n) is 7.45. The van der Waals surface area contributed by atoms with Crippen molar-refractivity contribution >= 4 is 5.91 Å². The molecule has 0 atom stereocenters. The SMILES string of the molecule is O=C(NC1CCCCCC1)c1ccc(-n2cnnc2)nc1. The van der Waals surface area contributed by atoms with Gasteiger partial charge in [0.1, 0.15) is 18.5 Å². The van der Waals surface area contributed by atoms with Crippen LogP contribution in [0.4, 0.5) is 0 Å². The van der Waals surface area contributed by atoms with Gasteiger partial charge in [-0.1, -0.05) is 25.7 Å². The van der Waals surface area contributed by atoms with Crippen molar-refractivity contribution in [2.75, 3.05) is 0 Å². The van der Waals surface area contributed by atoms with Gasteiger partial charge in [0.15, 0.2) is 0 Å². The quantitative estimate of drug-likeness (QED) is 0.877. The fourth-order valence-corrected chi connectivity index (χ4v) is 2.68. The topological polar surface area (TPSA) is 72.7 Å². The Morgan fingerprint density at radius 3 is 2.43 bits per heavy atom. The van der Waals surface area contributed by atoms with Gasteiger partial charge in [-0.05, 0) is 25.0 Å². The van der Waals surface area contributed by atoms with E-state index >= 15 is 0 Å². The van der Waals surface area contributed by atoms with E-state index < -0.39 is 0 Å². The van der Waals surface area contributed by atoms with Crippen LogP contribution in [-0.2, 0) is 0 Å². The molecule has 1 amide bonds. The zero-order valence-corrected chi connectivity index (χ0v) is 11.9. The molecule has 0 unspecified atom stereocenters. The van der Waals surface area contributed by atoms with Crippen LogP contribution >= 0.6 is 0 Å². The number of nitrogens with one attached hydrogen (secondary N) is 1. The lowest BCUT2D eigenvalue weighted by molar-refractivity contribution is 0.0933. The van der Waals surface area contributed by atoms with E-state index in [0.29, 0.717) is 17.4 Å². The van der Waals surface area contributed by atoms with Crippen LogP contribution in [0.15, 0.2) is 31.0 Å². The second-order valence-corrected chi connectivity index (χ2v) is 5.44. The molecule has 0 radical (unpaired) electrons. The number of aromatic nitrogens is 4. The number of carbonyl (C=O) groups excluding carboxylic acids is 1. The normalized spacial score (nSPS) is 16.4. The Balaban J connectivity index is 1.64. The molecule has 0 aromatic carbocycles. The molecule has 1 fully saturated rings. The molecule has 0 bridgehead atoms. The Bertz CT molecular complexity index is 571. The zero-order chi connectivity index (χ0) is 14.5. The molecular formula is C15H19N5O. The van der Waals surface area contributed by atoms with E-state index in [-0.39, 0.29) is 5.91 Å². The molecule has 6 nitrogen and oxygen atoms in total. The van der Waals surface area contributed by atoms with Crippen LogP contribution in [0.1, 0.15) is 48.9 Å². The van der Waals surface area contributed by atoms with E-state index in [9.17, 15) is 4.79 Å². The fraction of sp³-hybridized carbons (Fsp3) is 0.467. The summed E-state index contributed by atoms with van der Waals surface area (Å²) in [5.41, 5.74) is 0.594. The molecular weight excluding hydrogens is 266 g/mol. The molecule has 0 aliphatic heterocycles. The van der Waals surface area contributed by atoms with E-state index in [2.05, 4.69) is 20.5 Å². The van der Waals surface area contributed by atoms with Crippen molar-refractivity contribution in [2.24, 2.45) is 0 Å². The minimum atomic E-state index is -0.0373. The summed E-state index contributed by atoms with van der Waals surface area (Å²) in [6.45, 7) is 0. The van der Waals surface area contributed by atoms with Crippen molar-refractivity contribution in [3.05, 3.63) is 36.5 Å². The summed E-state index contributed by atoms with van der Waals surface area (Å²) in [5.74, 6) is 0.663. The van der Waals surface area contributed by atoms with Gasteiger partial charge < -0.3 is 5.32 Å². The van der Waals surface area contributed by atoms with Gasteiger partial charge in [-0.2, -0.15) is 0 Å². The lowest BCUT2D eigenvalue weighted by atomic mass is 10.1. The predicted molar refractivity (Wildman–Crippen MR) is 78.1 cm³/mol. The minimum absolute atomic E-state index is 0.0373. The maximum absolute atomic E-state index is 12.2. The summed E-state index contributed by atoms with van der Waals surface area (Å²) < 4.78 is 1.70. The molecule has 1 saturated carbocycles. The van der Waals surface area contributed by atoms with Gasteiger partial charge in [-0.3, -0.25) is 9.36 Å². The maximum atomic E-state index is 12.2. The molecule has 1 aliphatic carbocycles. The summed E-state index contributed by atoms with van der Waals surface area (Å²) in [7, 11) is 0. The number of hydrogen-bond acceptors (Lipinski definition) is 4. The highest BCUT2D eigenvalue weighted by Gasteiger charge is 2.16. The number of nitrogens with zero attached hydrogens (tertiary/aromatic N) is 4. The Morgan fingerprint density at radius 2 is 1.81 bits per heavy atom. The third kappa shape index (κ3) is 3.45. The summed E-state index contributed by atoms with van der Waals surface area (Å²) >= 11 is 0. The molecule has 1 aliphatic rings. The highest BCUT2D eigenvalue weighted by molar-refractivity contribution is 5.94. The maximum Gasteiger partial charge on any atom is 0.253 e. The molecule has 3 rings (SSSR count). The lowest BCUT2D eigenvalue weighted by Crippen LogP contribution is -2.34. The molecule has 6 heteroatoms. The van der Waals surface area contributed by atoms with Gasteiger partial charge in [0, 0.05) is 12.2 Å². The van der Waals surface area contributed by atoms with E-state index in [4.69, 9.17) is 0 Å². The first-order chi connectivity index (χ1) is 10.3. The van der Waals surface area contributed by atoms with Gasteiger partial charge in [-0.25, -0.2) is 4.98 Å². The van der Waals surface area contributed by atoms with Gasteiger partial charge >= 0.3 is 0 Å². The highest BCUT2D eigenvalue weighted by atomic mass is 16.1. The Hall–Kier alpha value is -2.24. The van der Waals surface area contributed by atoms with Crippen LogP contribution in [0.2, 0.25) is 0 Å². The summed E-state index contributed by atoms with van der Waals surface area (Å²) in [4.78, 5) is 16.5. The first-order valence-corrected chi connectivity index (χ1v) is 7.45. The first kappa shape index (κ1) is 13.7. The summed E-state index contributed by atoms with van der Waals surface area (Å²) in [5, 5.41) is 10.6. The molecule has 2 heterocycles. The molecule has 2 aromatic heterocycles. The third-order valence-electron chi connectivity index (χ3n) is 3.88. The van der Waals surface area contributed by atoms with Crippen molar-refractivity contribution in [1.29, 1.82) is 0 Å². The second-order valence-electron chi connectivity index (χ2n) is 5.44. The van der Waals surface area contributed by atoms with Crippen LogP contribution in [0, 0.1) is 0 Å². The van der Waals surface area contributed by atoms with Gasteiger partial charge in [-0.15, -0.1) is 10.2 Å². The third-order valence-corrected chi connectivity index (χ3v) is 3.88. The Morgan fingerprint density at radius 1 is 1.10 bits per heavy atom. The molecule has 0 saturated heterocycles. The van der Waals surface area contributed by atoms with Crippen molar-refractivity contribution in [2.45, 2.75) is 44.6 Å². The highest BCUT2D eigenvalue weighted by Crippen LogP contribution is 2.17. The number of hydrogen-bond donors (Lipinski definition) is 1. The second kappa shape index (κ2) is 6.47. The fourth-order valence-electron chi connectivity index (χ4n) is 2.68. The molecule has 110 valence electrons. The Kier molecular flexibility index (Phi) is 4.23. The number of pyridine rings is 1. The standard InChI is InChI=1S/C15H19N5O/c21-15(19-13-5-3-1-2-4-6-13)12-7-8-14(16-9-12)20-10-17-18-11-20/h7-11,13H,1-6H2,(H,19,21). The average Bonchev–Trinajstić information content (AvgIpc) is 2.93. The van der Waals surface area contributed by atoms with Crippen LogP contribution in [0.25, 0.3) is 5.82 Å². The monoisotopic (exact) mass is 285 g/mol. The van der Waals surface area contributed by atoms with Crippen LogP contribution < -0.4 is 5.32 Å². The van der Waals surface area contributed by atoms with E-state index in [0.717, 1.165) is 12.8 Å². The minimum Gasteiger partial charge on any atom is -0.349 e. The smallest absolute Gasteiger partial charge is 0.253 e. The van der Waals surface area contributed by atoms with Gasteiger partial charge in [0.05, 0.1) is 5.56 Å². The number of carbonyl (C=O) groups is 1. The molecule has 2 aromatic rings. The van der Waals surface area contributed by atoms with Crippen molar-refractivity contribution < 1.29 is 4.79 Å². The summed E-state index contributed by atoms with van der Waals surface area (Å²) in [6.07, 6.45) is 11.9. The Labute approximate surface area is 123 Å². The molecule has 1 N–H and O–H groups in total. The number of amides is 1. The van der Waals surface area contributed by atoms with Crippen LogP contribution in [-0.4, -0.2) is 31.7 Å². The van der Waals surface area contributed by atoms with E-state index in [1.165, 1.54) is 25.7 Å². The van der Waals surface area contributed by atoms with Crippen LogP contribution in [0.3, 0.4) is 0 Å². The van der Waals surface area contributed by atoms with Gasteiger partial charge in [0.25, 0.3) is 5.91 Å². The van der Waals surface area contributed by atoms with Crippen LogP contribution in [0.5, 0.6) is 0 Å².